The van der Waals surface area contributed by atoms with Crippen molar-refractivity contribution in [3.8, 4) is 5.75 Å². The van der Waals surface area contributed by atoms with E-state index in [2.05, 4.69) is 10.6 Å². The number of halogens is 1. The molecule has 0 saturated carbocycles. The van der Waals surface area contributed by atoms with Crippen molar-refractivity contribution >= 4 is 17.7 Å². The lowest BCUT2D eigenvalue weighted by Gasteiger charge is -2.09. The van der Waals surface area contributed by atoms with Crippen LogP contribution in [-0.2, 0) is 4.79 Å². The van der Waals surface area contributed by atoms with Crippen molar-refractivity contribution in [3.05, 3.63) is 65.5 Å². The summed E-state index contributed by atoms with van der Waals surface area (Å²) >= 11 is 0. The Kier molecular flexibility index (Phi) is 7.05. The summed E-state index contributed by atoms with van der Waals surface area (Å²) in [5.41, 5.74) is 0.781. The third kappa shape index (κ3) is 6.54. The Morgan fingerprint density at radius 3 is 2.07 bits per heavy atom. The quantitative estimate of drug-likeness (QED) is 0.732. The Labute approximate surface area is 156 Å². The van der Waals surface area contributed by atoms with Crippen molar-refractivity contribution in [2.45, 2.75) is 13.8 Å². The Bertz CT molecular complexity index is 802. The molecular formula is C20H21FN2O4. The summed E-state index contributed by atoms with van der Waals surface area (Å²) in [5.74, 6) is -0.586. The molecule has 0 fully saturated rings. The highest BCUT2D eigenvalue weighted by Gasteiger charge is 2.11. The van der Waals surface area contributed by atoms with Gasteiger partial charge in [-0.1, -0.05) is 13.8 Å². The van der Waals surface area contributed by atoms with Gasteiger partial charge < -0.3 is 10.1 Å². The van der Waals surface area contributed by atoms with Crippen molar-refractivity contribution in [3.63, 3.8) is 0 Å². The molecule has 0 aromatic heterocycles. The molecule has 3 amide bonds. The van der Waals surface area contributed by atoms with Crippen LogP contribution in [0.2, 0.25) is 0 Å². The van der Waals surface area contributed by atoms with Crippen molar-refractivity contribution in [1.82, 2.24) is 10.6 Å². The van der Waals surface area contributed by atoms with E-state index in [1.807, 2.05) is 13.8 Å². The number of ketones is 1. The van der Waals surface area contributed by atoms with Gasteiger partial charge in [0.2, 0.25) is 0 Å². The van der Waals surface area contributed by atoms with Gasteiger partial charge in [0.1, 0.15) is 11.6 Å². The van der Waals surface area contributed by atoms with E-state index in [0.29, 0.717) is 23.4 Å². The topological polar surface area (TPSA) is 84.5 Å². The first kappa shape index (κ1) is 20.1. The molecule has 0 atom stereocenters. The summed E-state index contributed by atoms with van der Waals surface area (Å²) in [7, 11) is 0. The molecule has 2 N–H and O–H groups in total. The molecule has 0 aliphatic carbocycles. The lowest BCUT2D eigenvalue weighted by Crippen LogP contribution is -2.42. The van der Waals surface area contributed by atoms with Gasteiger partial charge in [0.15, 0.2) is 12.4 Å². The van der Waals surface area contributed by atoms with Crippen molar-refractivity contribution in [2.24, 2.45) is 5.92 Å². The van der Waals surface area contributed by atoms with Crippen LogP contribution >= 0.6 is 0 Å². The summed E-state index contributed by atoms with van der Waals surface area (Å²) in [6.07, 6.45) is 0. The number of carbonyl (C=O) groups is 3. The van der Waals surface area contributed by atoms with Crippen molar-refractivity contribution in [2.75, 3.05) is 13.2 Å². The average molecular weight is 372 g/mol. The van der Waals surface area contributed by atoms with Crippen LogP contribution in [0.3, 0.4) is 0 Å². The number of imide groups is 1. The molecule has 2 aromatic carbocycles. The molecule has 142 valence electrons. The molecule has 2 aromatic rings. The van der Waals surface area contributed by atoms with Crippen LogP contribution in [0, 0.1) is 11.7 Å². The highest BCUT2D eigenvalue weighted by atomic mass is 19.1. The van der Waals surface area contributed by atoms with Crippen LogP contribution in [0.15, 0.2) is 48.5 Å². The van der Waals surface area contributed by atoms with Gasteiger partial charge in [-0.25, -0.2) is 9.18 Å². The number of amides is 3. The summed E-state index contributed by atoms with van der Waals surface area (Å²) in [6, 6.07) is 10.9. The molecule has 0 radical (unpaired) electrons. The fourth-order valence-electron chi connectivity index (χ4n) is 2.12. The standard InChI is InChI=1S/C20H21FN2O4/c1-13(2)11-22-20(26)23-18(24)12-27-17-9-5-15(6-10-17)19(25)14-3-7-16(21)8-4-14/h3-10,13H,11-12H2,1-2H3,(H2,22,23,24,26). The van der Waals surface area contributed by atoms with E-state index in [1.54, 1.807) is 24.3 Å². The highest BCUT2D eigenvalue weighted by molar-refractivity contribution is 6.09. The molecule has 0 aliphatic rings. The zero-order valence-corrected chi connectivity index (χ0v) is 15.1. The zero-order chi connectivity index (χ0) is 19.8. The van der Waals surface area contributed by atoms with Gasteiger partial charge in [-0.05, 0) is 54.4 Å². The maximum absolute atomic E-state index is 12.9. The van der Waals surface area contributed by atoms with Gasteiger partial charge in [0.25, 0.3) is 5.91 Å². The molecule has 6 nitrogen and oxygen atoms in total. The van der Waals surface area contributed by atoms with Gasteiger partial charge in [-0.15, -0.1) is 0 Å². The van der Waals surface area contributed by atoms with Crippen molar-refractivity contribution in [1.29, 1.82) is 0 Å². The number of carbonyl (C=O) groups excluding carboxylic acids is 3. The lowest BCUT2D eigenvalue weighted by atomic mass is 10.0. The third-order valence-electron chi connectivity index (χ3n) is 3.52. The Morgan fingerprint density at radius 2 is 1.52 bits per heavy atom. The van der Waals surface area contributed by atoms with Crippen LogP contribution < -0.4 is 15.4 Å². The van der Waals surface area contributed by atoms with E-state index in [9.17, 15) is 18.8 Å². The number of rotatable bonds is 7. The molecule has 7 heteroatoms. The van der Waals surface area contributed by atoms with Crippen LogP contribution in [0.1, 0.15) is 29.8 Å². The monoisotopic (exact) mass is 372 g/mol. The maximum atomic E-state index is 12.9. The van der Waals surface area contributed by atoms with Crippen molar-refractivity contribution < 1.29 is 23.5 Å². The zero-order valence-electron chi connectivity index (χ0n) is 15.1. The van der Waals surface area contributed by atoms with Gasteiger partial charge in [0, 0.05) is 17.7 Å². The molecule has 0 aliphatic heterocycles. The molecule has 27 heavy (non-hydrogen) atoms. The first-order chi connectivity index (χ1) is 12.8. The van der Waals surface area contributed by atoms with Gasteiger partial charge in [-0.3, -0.25) is 14.9 Å². The first-order valence-corrected chi connectivity index (χ1v) is 8.46. The van der Waals surface area contributed by atoms with Crippen LogP contribution in [0.25, 0.3) is 0 Å². The summed E-state index contributed by atoms with van der Waals surface area (Å²) in [6.45, 7) is 4.01. The third-order valence-corrected chi connectivity index (χ3v) is 3.52. The SMILES string of the molecule is CC(C)CNC(=O)NC(=O)COc1ccc(C(=O)c2ccc(F)cc2)cc1. The molecule has 0 heterocycles. The lowest BCUT2D eigenvalue weighted by molar-refractivity contribution is -0.122. The minimum atomic E-state index is -0.581. The van der Waals surface area contributed by atoms with Gasteiger partial charge >= 0.3 is 6.03 Å². The Morgan fingerprint density at radius 1 is 0.963 bits per heavy atom. The van der Waals surface area contributed by atoms with E-state index < -0.39 is 17.8 Å². The summed E-state index contributed by atoms with van der Waals surface area (Å²) < 4.78 is 18.2. The molecular weight excluding hydrogens is 351 g/mol. The number of hydrogen-bond acceptors (Lipinski definition) is 4. The fourth-order valence-corrected chi connectivity index (χ4v) is 2.12. The van der Waals surface area contributed by atoms with Crippen LogP contribution in [0.5, 0.6) is 5.75 Å². The predicted octanol–water partition coefficient (Wildman–Crippen LogP) is 2.92. The average Bonchev–Trinajstić information content (AvgIpc) is 2.65. The number of ether oxygens (including phenoxy) is 1. The second-order valence-electron chi connectivity index (χ2n) is 6.30. The van der Waals surface area contributed by atoms with E-state index in [0.717, 1.165) is 0 Å². The molecule has 0 spiro atoms. The minimum Gasteiger partial charge on any atom is -0.484 e. The normalized spacial score (nSPS) is 10.4. The number of benzene rings is 2. The Balaban J connectivity index is 1.85. The smallest absolute Gasteiger partial charge is 0.321 e. The van der Waals surface area contributed by atoms with E-state index in [1.165, 1.54) is 24.3 Å². The fraction of sp³-hybridized carbons (Fsp3) is 0.250. The molecule has 0 saturated heterocycles. The van der Waals surface area contributed by atoms with Gasteiger partial charge in [0.05, 0.1) is 0 Å². The number of nitrogens with one attached hydrogen (secondary N) is 2. The second-order valence-corrected chi connectivity index (χ2v) is 6.30. The molecule has 2 rings (SSSR count). The van der Waals surface area contributed by atoms with E-state index in [4.69, 9.17) is 4.74 Å². The maximum Gasteiger partial charge on any atom is 0.321 e. The predicted molar refractivity (Wildman–Crippen MR) is 98.1 cm³/mol. The summed E-state index contributed by atoms with van der Waals surface area (Å²) in [4.78, 5) is 35.5. The van der Waals surface area contributed by atoms with Crippen LogP contribution in [0.4, 0.5) is 9.18 Å². The highest BCUT2D eigenvalue weighted by Crippen LogP contribution is 2.16. The van der Waals surface area contributed by atoms with Gasteiger partial charge in [-0.2, -0.15) is 0 Å². The first-order valence-electron chi connectivity index (χ1n) is 8.46. The molecule has 0 bridgehead atoms. The minimum absolute atomic E-state index is 0.249. The van der Waals surface area contributed by atoms with E-state index in [-0.39, 0.29) is 18.3 Å². The van der Waals surface area contributed by atoms with E-state index >= 15 is 0 Å². The van der Waals surface area contributed by atoms with Crippen LogP contribution in [-0.4, -0.2) is 30.9 Å². The Hall–Kier alpha value is -3.22. The number of hydrogen-bond donors (Lipinski definition) is 2. The number of urea groups is 1. The molecule has 0 unspecified atom stereocenters. The second kappa shape index (κ2) is 9.47. The summed E-state index contributed by atoms with van der Waals surface area (Å²) in [5, 5.41) is 4.73. The largest absolute Gasteiger partial charge is 0.484 e.